The zero-order valence-corrected chi connectivity index (χ0v) is 10.6. The first-order chi connectivity index (χ1) is 7.84. The molecule has 1 N–H and O–H groups in total. The topological polar surface area (TPSA) is 42.2 Å². The average Bonchev–Trinajstić information content (AvgIpc) is 2.56. The van der Waals surface area contributed by atoms with Crippen LogP contribution in [0.15, 0.2) is 24.3 Å². The lowest BCUT2D eigenvalue weighted by molar-refractivity contribution is -0.142. The summed E-state index contributed by atoms with van der Waals surface area (Å²) in [5.74, 6) is -0.805. The van der Waals surface area contributed by atoms with Gasteiger partial charge in [0, 0.05) is 18.3 Å². The molecule has 3 nitrogen and oxygen atoms in total. The van der Waals surface area contributed by atoms with Crippen LogP contribution in [-0.4, -0.2) is 15.6 Å². The van der Waals surface area contributed by atoms with Gasteiger partial charge in [-0.15, -0.1) is 0 Å². The molecule has 0 aliphatic carbocycles. The average molecular weight is 231 g/mol. The maximum absolute atomic E-state index is 11.3. The fourth-order valence-corrected chi connectivity index (χ4v) is 2.15. The SMILES string of the molecule is Cc1ccc2cc(C(C)(C)C(=O)O)n(C)c2c1. The molecule has 0 saturated carbocycles. The summed E-state index contributed by atoms with van der Waals surface area (Å²) in [6.45, 7) is 5.50. The van der Waals surface area contributed by atoms with Crippen molar-refractivity contribution in [2.24, 2.45) is 7.05 Å². The summed E-state index contributed by atoms with van der Waals surface area (Å²) in [7, 11) is 1.92. The largest absolute Gasteiger partial charge is 0.481 e. The van der Waals surface area contributed by atoms with Crippen LogP contribution in [0.5, 0.6) is 0 Å². The van der Waals surface area contributed by atoms with Crippen LogP contribution < -0.4 is 0 Å². The van der Waals surface area contributed by atoms with E-state index in [9.17, 15) is 9.90 Å². The smallest absolute Gasteiger partial charge is 0.315 e. The maximum Gasteiger partial charge on any atom is 0.315 e. The summed E-state index contributed by atoms with van der Waals surface area (Å²) in [5, 5.41) is 10.4. The Kier molecular flexibility index (Phi) is 2.49. The Labute approximate surface area is 101 Å². The summed E-state index contributed by atoms with van der Waals surface area (Å²) in [5.41, 5.74) is 2.21. The third-order valence-electron chi connectivity index (χ3n) is 3.38. The Hall–Kier alpha value is -1.77. The number of carboxylic acid groups (broad SMARTS) is 1. The van der Waals surface area contributed by atoms with Crippen molar-refractivity contribution in [1.82, 2.24) is 4.57 Å². The molecule has 2 aromatic rings. The van der Waals surface area contributed by atoms with Crippen LogP contribution in [0.25, 0.3) is 10.9 Å². The van der Waals surface area contributed by atoms with Crippen molar-refractivity contribution in [3.05, 3.63) is 35.5 Å². The van der Waals surface area contributed by atoms with E-state index in [0.29, 0.717) is 0 Å². The van der Waals surface area contributed by atoms with E-state index in [4.69, 9.17) is 0 Å². The molecule has 0 amide bonds. The van der Waals surface area contributed by atoms with E-state index in [2.05, 4.69) is 6.07 Å². The van der Waals surface area contributed by atoms with Crippen molar-refractivity contribution in [3.63, 3.8) is 0 Å². The highest BCUT2D eigenvalue weighted by Crippen LogP contribution is 2.29. The highest BCUT2D eigenvalue weighted by atomic mass is 16.4. The number of carboxylic acids is 1. The molecule has 0 bridgehead atoms. The molecule has 0 aliphatic rings. The second-order valence-electron chi connectivity index (χ2n) is 5.08. The second kappa shape index (κ2) is 3.62. The molecule has 0 fully saturated rings. The number of aryl methyl sites for hydroxylation is 2. The number of carbonyl (C=O) groups is 1. The lowest BCUT2D eigenvalue weighted by atomic mass is 9.89. The number of aliphatic carboxylic acids is 1. The molecule has 1 heterocycles. The molecule has 0 radical (unpaired) electrons. The monoisotopic (exact) mass is 231 g/mol. The van der Waals surface area contributed by atoms with Crippen LogP contribution in [-0.2, 0) is 17.3 Å². The summed E-state index contributed by atoms with van der Waals surface area (Å²) in [4.78, 5) is 11.3. The van der Waals surface area contributed by atoms with Gasteiger partial charge in [-0.1, -0.05) is 12.1 Å². The van der Waals surface area contributed by atoms with Gasteiger partial charge < -0.3 is 9.67 Å². The Balaban J connectivity index is 2.72. The van der Waals surface area contributed by atoms with Crippen LogP contribution in [0.3, 0.4) is 0 Å². The van der Waals surface area contributed by atoms with Crippen LogP contribution >= 0.6 is 0 Å². The third-order valence-corrected chi connectivity index (χ3v) is 3.38. The van der Waals surface area contributed by atoms with Gasteiger partial charge in [0.15, 0.2) is 0 Å². The van der Waals surface area contributed by atoms with Gasteiger partial charge >= 0.3 is 5.97 Å². The molecule has 3 heteroatoms. The molecule has 0 spiro atoms. The number of aromatic nitrogens is 1. The van der Waals surface area contributed by atoms with Crippen molar-refractivity contribution < 1.29 is 9.90 Å². The molecule has 0 unspecified atom stereocenters. The summed E-state index contributed by atoms with van der Waals surface area (Å²) in [6.07, 6.45) is 0. The third kappa shape index (κ3) is 1.71. The fourth-order valence-electron chi connectivity index (χ4n) is 2.15. The predicted octanol–water partition coefficient (Wildman–Crippen LogP) is 2.85. The molecule has 0 saturated heterocycles. The number of hydrogen-bond acceptors (Lipinski definition) is 1. The number of nitrogens with zero attached hydrogens (tertiary/aromatic N) is 1. The Bertz CT molecular complexity index is 594. The van der Waals surface area contributed by atoms with Gasteiger partial charge in [-0.2, -0.15) is 0 Å². The maximum atomic E-state index is 11.3. The minimum Gasteiger partial charge on any atom is -0.481 e. The second-order valence-corrected chi connectivity index (χ2v) is 5.08. The molecule has 0 aliphatic heterocycles. The van der Waals surface area contributed by atoms with Gasteiger partial charge in [-0.3, -0.25) is 4.79 Å². The molecule has 90 valence electrons. The first-order valence-electron chi connectivity index (χ1n) is 5.64. The van der Waals surface area contributed by atoms with Crippen LogP contribution in [0, 0.1) is 6.92 Å². The minimum atomic E-state index is -0.873. The van der Waals surface area contributed by atoms with E-state index in [1.807, 2.05) is 36.7 Å². The van der Waals surface area contributed by atoms with Gasteiger partial charge in [-0.05, 0) is 43.9 Å². The van der Waals surface area contributed by atoms with Crippen LogP contribution in [0.4, 0.5) is 0 Å². The lowest BCUT2D eigenvalue weighted by Crippen LogP contribution is -2.30. The molecule has 1 aromatic heterocycles. The highest BCUT2D eigenvalue weighted by Gasteiger charge is 2.32. The number of rotatable bonds is 2. The quantitative estimate of drug-likeness (QED) is 0.863. The van der Waals surface area contributed by atoms with Crippen molar-refractivity contribution in [2.45, 2.75) is 26.2 Å². The normalized spacial score (nSPS) is 12.0. The van der Waals surface area contributed by atoms with Gasteiger partial charge in [-0.25, -0.2) is 0 Å². The van der Waals surface area contributed by atoms with Crippen LogP contribution in [0.2, 0.25) is 0 Å². The summed E-state index contributed by atoms with van der Waals surface area (Å²) >= 11 is 0. The Morgan fingerprint density at radius 1 is 1.29 bits per heavy atom. The van der Waals surface area contributed by atoms with Crippen molar-refractivity contribution in [2.75, 3.05) is 0 Å². The van der Waals surface area contributed by atoms with E-state index in [1.54, 1.807) is 13.8 Å². The molecule has 2 rings (SSSR count). The Morgan fingerprint density at radius 2 is 1.94 bits per heavy atom. The highest BCUT2D eigenvalue weighted by molar-refractivity contribution is 5.87. The van der Waals surface area contributed by atoms with Gasteiger partial charge in [0.05, 0.1) is 0 Å². The molecular formula is C14H17NO2. The summed E-state index contributed by atoms with van der Waals surface area (Å²) in [6, 6.07) is 8.12. The molecular weight excluding hydrogens is 214 g/mol. The van der Waals surface area contributed by atoms with Gasteiger partial charge in [0.1, 0.15) is 5.41 Å². The van der Waals surface area contributed by atoms with E-state index < -0.39 is 11.4 Å². The Morgan fingerprint density at radius 3 is 2.53 bits per heavy atom. The zero-order chi connectivity index (χ0) is 12.8. The van der Waals surface area contributed by atoms with E-state index in [0.717, 1.165) is 16.6 Å². The van der Waals surface area contributed by atoms with Crippen molar-refractivity contribution in [1.29, 1.82) is 0 Å². The number of hydrogen-bond donors (Lipinski definition) is 1. The standard InChI is InChI=1S/C14H17NO2/c1-9-5-6-10-8-12(14(2,3)13(16)17)15(4)11(10)7-9/h5-8H,1-4H3,(H,16,17). The van der Waals surface area contributed by atoms with Crippen molar-refractivity contribution in [3.8, 4) is 0 Å². The predicted molar refractivity (Wildman–Crippen MR) is 68.3 cm³/mol. The van der Waals surface area contributed by atoms with Crippen molar-refractivity contribution >= 4 is 16.9 Å². The fraction of sp³-hybridized carbons (Fsp3) is 0.357. The first-order valence-corrected chi connectivity index (χ1v) is 5.64. The first kappa shape index (κ1) is 11.7. The number of fused-ring (bicyclic) bond motifs is 1. The molecule has 17 heavy (non-hydrogen) atoms. The molecule has 0 atom stereocenters. The lowest BCUT2D eigenvalue weighted by Gasteiger charge is -2.20. The minimum absolute atomic E-state index is 0.805. The molecule has 1 aromatic carbocycles. The van der Waals surface area contributed by atoms with E-state index in [-0.39, 0.29) is 0 Å². The zero-order valence-electron chi connectivity index (χ0n) is 10.6. The van der Waals surface area contributed by atoms with Gasteiger partial charge in [0.25, 0.3) is 0 Å². The van der Waals surface area contributed by atoms with E-state index >= 15 is 0 Å². The van der Waals surface area contributed by atoms with Gasteiger partial charge in [0.2, 0.25) is 0 Å². The summed E-state index contributed by atoms with van der Waals surface area (Å²) < 4.78 is 1.97. The number of benzene rings is 1. The van der Waals surface area contributed by atoms with Crippen LogP contribution in [0.1, 0.15) is 25.1 Å². The van der Waals surface area contributed by atoms with E-state index in [1.165, 1.54) is 5.56 Å².